The van der Waals surface area contributed by atoms with E-state index in [1.165, 1.54) is 6.07 Å². The highest BCUT2D eigenvalue weighted by Crippen LogP contribution is 2.21. The molecule has 3 nitrogen and oxygen atoms in total. The second kappa shape index (κ2) is 6.01. The van der Waals surface area contributed by atoms with Crippen molar-refractivity contribution in [1.29, 1.82) is 0 Å². The molecule has 1 aromatic rings. The van der Waals surface area contributed by atoms with Crippen LogP contribution < -0.4 is 4.72 Å². The fourth-order valence-corrected chi connectivity index (χ4v) is 2.67. The zero-order chi connectivity index (χ0) is 12.9. The van der Waals surface area contributed by atoms with Gasteiger partial charge in [0.15, 0.2) is 0 Å². The number of hydrogen-bond donors (Lipinski definition) is 1. The molecule has 0 saturated carbocycles. The number of halogens is 2. The molecule has 0 aliphatic carbocycles. The lowest BCUT2D eigenvalue weighted by atomic mass is 10.3. The highest BCUT2D eigenvalue weighted by molar-refractivity contribution is 7.89. The standard InChI is InChI=1S/C11H11ClFNO2S/c1-2-3-4-7-14-17(15,16)11-8-9(13)5-6-10(11)12/h5-6,8,14H,4,7H2,1H3. The molecule has 0 spiro atoms. The van der Waals surface area contributed by atoms with E-state index in [0.29, 0.717) is 6.42 Å². The Labute approximate surface area is 105 Å². The van der Waals surface area contributed by atoms with Crippen LogP contribution in [0.4, 0.5) is 4.39 Å². The molecule has 1 rings (SSSR count). The van der Waals surface area contributed by atoms with Crippen LogP contribution in [0.2, 0.25) is 5.02 Å². The number of hydrogen-bond acceptors (Lipinski definition) is 2. The summed E-state index contributed by atoms with van der Waals surface area (Å²) in [6, 6.07) is 3.19. The Bertz CT molecular complexity index is 561. The molecule has 0 radical (unpaired) electrons. The third-order valence-corrected chi connectivity index (χ3v) is 3.84. The van der Waals surface area contributed by atoms with E-state index in [2.05, 4.69) is 16.6 Å². The second-order valence-corrected chi connectivity index (χ2v) is 5.29. The molecular formula is C11H11ClFNO2S. The minimum absolute atomic E-state index is 0.0134. The van der Waals surface area contributed by atoms with Crippen molar-refractivity contribution in [3.8, 4) is 11.8 Å². The molecule has 0 heterocycles. The van der Waals surface area contributed by atoms with Gasteiger partial charge in [-0.05, 0) is 25.1 Å². The molecule has 6 heteroatoms. The van der Waals surface area contributed by atoms with Gasteiger partial charge in [0.05, 0.1) is 5.02 Å². The van der Waals surface area contributed by atoms with Gasteiger partial charge in [0, 0.05) is 13.0 Å². The summed E-state index contributed by atoms with van der Waals surface area (Å²) in [6.07, 6.45) is 0.392. The minimum atomic E-state index is -3.78. The van der Waals surface area contributed by atoms with Gasteiger partial charge in [0.2, 0.25) is 10.0 Å². The first-order valence-corrected chi connectivity index (χ1v) is 6.68. The monoisotopic (exact) mass is 275 g/mol. The third-order valence-electron chi connectivity index (χ3n) is 1.90. The first-order chi connectivity index (χ1) is 7.97. The quantitative estimate of drug-likeness (QED) is 0.676. The molecule has 0 aliphatic rings. The highest BCUT2D eigenvalue weighted by Gasteiger charge is 2.17. The summed E-state index contributed by atoms with van der Waals surface area (Å²) in [5, 5.41) is -0.0134. The molecule has 0 aromatic heterocycles. The molecule has 0 atom stereocenters. The van der Waals surface area contributed by atoms with Crippen LogP contribution in [0, 0.1) is 17.7 Å². The van der Waals surface area contributed by atoms with E-state index in [1.54, 1.807) is 6.92 Å². The van der Waals surface area contributed by atoms with Gasteiger partial charge in [-0.15, -0.1) is 11.8 Å². The predicted molar refractivity (Wildman–Crippen MR) is 64.7 cm³/mol. The Morgan fingerprint density at radius 2 is 2.18 bits per heavy atom. The molecule has 17 heavy (non-hydrogen) atoms. The predicted octanol–water partition coefficient (Wildman–Crippen LogP) is 2.17. The molecule has 0 bridgehead atoms. The molecule has 0 unspecified atom stereocenters. The van der Waals surface area contributed by atoms with Gasteiger partial charge in [-0.1, -0.05) is 11.6 Å². The second-order valence-electron chi connectivity index (χ2n) is 3.15. The maximum absolute atomic E-state index is 12.9. The van der Waals surface area contributed by atoms with Crippen molar-refractivity contribution in [1.82, 2.24) is 4.72 Å². The average Bonchev–Trinajstić information content (AvgIpc) is 2.28. The molecule has 0 amide bonds. The largest absolute Gasteiger partial charge is 0.242 e. The summed E-state index contributed by atoms with van der Waals surface area (Å²) in [7, 11) is -3.78. The van der Waals surface area contributed by atoms with Gasteiger partial charge in [-0.3, -0.25) is 0 Å². The Balaban J connectivity index is 2.88. The van der Waals surface area contributed by atoms with Crippen molar-refractivity contribution in [3.05, 3.63) is 29.0 Å². The maximum Gasteiger partial charge on any atom is 0.242 e. The van der Waals surface area contributed by atoms with Crippen LogP contribution in [0.5, 0.6) is 0 Å². The zero-order valence-corrected chi connectivity index (χ0v) is 10.7. The van der Waals surface area contributed by atoms with Crippen LogP contribution in [0.15, 0.2) is 23.1 Å². The molecular weight excluding hydrogens is 265 g/mol. The van der Waals surface area contributed by atoms with Gasteiger partial charge >= 0.3 is 0 Å². The summed E-state index contributed by atoms with van der Waals surface area (Å²) in [5.74, 6) is 4.71. The van der Waals surface area contributed by atoms with Gasteiger partial charge in [0.25, 0.3) is 0 Å². The minimum Gasteiger partial charge on any atom is -0.210 e. The topological polar surface area (TPSA) is 46.2 Å². The smallest absolute Gasteiger partial charge is 0.210 e. The zero-order valence-electron chi connectivity index (χ0n) is 9.13. The average molecular weight is 276 g/mol. The first kappa shape index (κ1) is 14.0. The first-order valence-electron chi connectivity index (χ1n) is 4.81. The summed E-state index contributed by atoms with van der Waals surface area (Å²) in [4.78, 5) is -0.261. The van der Waals surface area contributed by atoms with E-state index in [9.17, 15) is 12.8 Å². The van der Waals surface area contributed by atoms with Gasteiger partial charge < -0.3 is 0 Å². The van der Waals surface area contributed by atoms with Gasteiger partial charge in [-0.2, -0.15) is 0 Å². The van der Waals surface area contributed by atoms with Crippen molar-refractivity contribution < 1.29 is 12.8 Å². The number of benzene rings is 1. The Morgan fingerprint density at radius 3 is 2.82 bits per heavy atom. The Kier molecular flexibility index (Phi) is 4.94. The SMILES string of the molecule is CC#CCCNS(=O)(=O)c1cc(F)ccc1Cl. The third kappa shape index (κ3) is 4.00. The number of rotatable bonds is 4. The van der Waals surface area contributed by atoms with E-state index < -0.39 is 15.8 Å². The normalized spacial score (nSPS) is 10.8. The Hall–Kier alpha value is -1.09. The van der Waals surface area contributed by atoms with E-state index in [-0.39, 0.29) is 16.5 Å². The molecule has 92 valence electrons. The van der Waals surface area contributed by atoms with Crippen molar-refractivity contribution in [3.63, 3.8) is 0 Å². The molecule has 1 aromatic carbocycles. The maximum atomic E-state index is 12.9. The van der Waals surface area contributed by atoms with Crippen LogP contribution in [-0.4, -0.2) is 15.0 Å². The van der Waals surface area contributed by atoms with Crippen LogP contribution in [-0.2, 0) is 10.0 Å². The van der Waals surface area contributed by atoms with Crippen LogP contribution >= 0.6 is 11.6 Å². The van der Waals surface area contributed by atoms with E-state index >= 15 is 0 Å². The van der Waals surface area contributed by atoms with E-state index in [0.717, 1.165) is 12.1 Å². The van der Waals surface area contributed by atoms with E-state index in [1.807, 2.05) is 0 Å². The lowest BCUT2D eigenvalue weighted by molar-refractivity contribution is 0.578. The van der Waals surface area contributed by atoms with Gasteiger partial charge in [-0.25, -0.2) is 17.5 Å². The molecule has 1 N–H and O–H groups in total. The lowest BCUT2D eigenvalue weighted by Gasteiger charge is -2.06. The fraction of sp³-hybridized carbons (Fsp3) is 0.273. The summed E-state index contributed by atoms with van der Waals surface area (Å²) < 4.78 is 38.8. The Morgan fingerprint density at radius 1 is 1.47 bits per heavy atom. The van der Waals surface area contributed by atoms with Crippen molar-refractivity contribution >= 4 is 21.6 Å². The van der Waals surface area contributed by atoms with Crippen molar-refractivity contribution in [2.45, 2.75) is 18.2 Å². The van der Waals surface area contributed by atoms with Crippen molar-refractivity contribution in [2.75, 3.05) is 6.54 Å². The van der Waals surface area contributed by atoms with E-state index in [4.69, 9.17) is 11.6 Å². The van der Waals surface area contributed by atoms with Crippen LogP contribution in [0.3, 0.4) is 0 Å². The molecule has 0 fully saturated rings. The molecule has 0 saturated heterocycles. The van der Waals surface area contributed by atoms with Gasteiger partial charge in [0.1, 0.15) is 10.7 Å². The van der Waals surface area contributed by atoms with Crippen LogP contribution in [0.25, 0.3) is 0 Å². The fourth-order valence-electron chi connectivity index (χ4n) is 1.13. The summed E-state index contributed by atoms with van der Waals surface area (Å²) >= 11 is 5.71. The summed E-state index contributed by atoms with van der Waals surface area (Å²) in [5.41, 5.74) is 0. The molecule has 0 aliphatic heterocycles. The van der Waals surface area contributed by atoms with Crippen LogP contribution in [0.1, 0.15) is 13.3 Å². The summed E-state index contributed by atoms with van der Waals surface area (Å²) in [6.45, 7) is 1.83. The number of nitrogens with one attached hydrogen (secondary N) is 1. The lowest BCUT2D eigenvalue weighted by Crippen LogP contribution is -2.25. The van der Waals surface area contributed by atoms with Crippen molar-refractivity contribution in [2.24, 2.45) is 0 Å². The highest BCUT2D eigenvalue weighted by atomic mass is 35.5. The number of sulfonamides is 1.